The van der Waals surface area contributed by atoms with Gasteiger partial charge in [-0.2, -0.15) is 0 Å². The van der Waals surface area contributed by atoms with Crippen LogP contribution in [0.2, 0.25) is 0 Å². The molecule has 0 saturated carbocycles. The van der Waals surface area contributed by atoms with E-state index in [0.717, 1.165) is 0 Å². The maximum atomic E-state index is 12.3. The molecule has 0 unspecified atom stereocenters. The highest BCUT2D eigenvalue weighted by Crippen LogP contribution is 2.13. The van der Waals surface area contributed by atoms with Crippen molar-refractivity contribution in [1.29, 1.82) is 0 Å². The molecule has 66 valence electrons. The van der Waals surface area contributed by atoms with Gasteiger partial charge in [0.1, 0.15) is 11.6 Å². The van der Waals surface area contributed by atoms with Crippen LogP contribution in [-0.4, -0.2) is 5.78 Å². The fraction of sp³-hybridized carbons (Fsp3) is 0.300. The molecule has 2 heteroatoms. The van der Waals surface area contributed by atoms with Gasteiger partial charge in [-0.15, -0.1) is 0 Å². The summed E-state index contributed by atoms with van der Waals surface area (Å²) >= 11 is 0. The maximum Gasteiger partial charge on any atom is 0.134 e. The molecule has 0 N–H and O–H groups in total. The lowest BCUT2D eigenvalue weighted by Gasteiger charge is -2.01. The zero-order valence-electron chi connectivity index (χ0n) is 7.48. The van der Waals surface area contributed by atoms with Gasteiger partial charge >= 0.3 is 0 Å². The largest absolute Gasteiger partial charge is 0.300 e. The van der Waals surface area contributed by atoms with Gasteiger partial charge < -0.3 is 0 Å². The smallest absolute Gasteiger partial charge is 0.134 e. The van der Waals surface area contributed by atoms with Crippen LogP contribution in [0.5, 0.6) is 0 Å². The average molecular weight is 168 g/mol. The van der Waals surface area contributed by atoms with Crippen LogP contribution in [0, 0.1) is 0 Å². The topological polar surface area (TPSA) is 17.1 Å². The Morgan fingerprint density at radius 3 is 2.25 bits per heavy atom. The Morgan fingerprint density at radius 1 is 1.42 bits per heavy atom. The molecule has 0 aliphatic heterocycles. The summed E-state index contributed by atoms with van der Waals surface area (Å²) in [4.78, 5) is 10.6. The molecule has 0 aliphatic rings. The molecule has 0 rings (SSSR count). The van der Waals surface area contributed by atoms with Crippen LogP contribution in [0.1, 0.15) is 20.3 Å². The van der Waals surface area contributed by atoms with Crippen LogP contribution in [0.25, 0.3) is 0 Å². The van der Waals surface area contributed by atoms with Crippen molar-refractivity contribution in [3.63, 3.8) is 0 Å². The molecule has 0 bridgehead atoms. The number of carbonyl (C=O) groups excluding carboxylic acids is 1. The fourth-order valence-corrected chi connectivity index (χ4v) is 0.777. The Bertz CT molecular complexity index is 249. The summed E-state index contributed by atoms with van der Waals surface area (Å²) in [5, 5.41) is 0. The minimum Gasteiger partial charge on any atom is -0.300 e. The monoisotopic (exact) mass is 168 g/mol. The molecule has 0 atom stereocenters. The van der Waals surface area contributed by atoms with Crippen LogP contribution in [0.4, 0.5) is 4.39 Å². The third-order valence-corrected chi connectivity index (χ3v) is 1.39. The van der Waals surface area contributed by atoms with Crippen LogP contribution >= 0.6 is 0 Å². The second-order valence-electron chi connectivity index (χ2n) is 2.76. The van der Waals surface area contributed by atoms with E-state index in [4.69, 9.17) is 0 Å². The summed E-state index contributed by atoms with van der Waals surface area (Å²) in [6, 6.07) is 0. The van der Waals surface area contributed by atoms with E-state index in [-0.39, 0.29) is 12.2 Å². The normalized spacial score (nSPS) is 11.1. The number of allylic oxidation sites excluding steroid dienone is 4. The highest BCUT2D eigenvalue weighted by molar-refractivity contribution is 5.79. The van der Waals surface area contributed by atoms with E-state index in [1.165, 1.54) is 13.0 Å². The number of hydrogen-bond donors (Lipinski definition) is 0. The maximum absolute atomic E-state index is 12.3. The lowest BCUT2D eigenvalue weighted by atomic mass is 10.0. The number of carbonyl (C=O) groups is 1. The predicted octanol–water partition coefficient (Wildman–Crippen LogP) is 2.95. The third kappa shape index (κ3) is 4.61. The second-order valence-corrected chi connectivity index (χ2v) is 2.76. The second kappa shape index (κ2) is 4.65. The summed E-state index contributed by atoms with van der Waals surface area (Å²) in [5.74, 6) is -0.491. The first-order valence-corrected chi connectivity index (χ1v) is 3.63. The first-order chi connectivity index (χ1) is 5.43. The zero-order valence-corrected chi connectivity index (χ0v) is 7.48. The van der Waals surface area contributed by atoms with Crippen LogP contribution in [0.3, 0.4) is 0 Å². The highest BCUT2D eigenvalue weighted by atomic mass is 19.1. The molecular formula is C10H13FO. The first kappa shape index (κ1) is 10.8. The molecule has 0 aromatic heterocycles. The van der Waals surface area contributed by atoms with Crippen molar-refractivity contribution in [2.24, 2.45) is 0 Å². The molecule has 0 heterocycles. The summed E-state index contributed by atoms with van der Waals surface area (Å²) in [6.07, 6.45) is 1.54. The Hall–Kier alpha value is -1.18. The quantitative estimate of drug-likeness (QED) is 0.590. The Morgan fingerprint density at radius 2 is 1.92 bits per heavy atom. The molecule has 0 aromatic rings. The van der Waals surface area contributed by atoms with E-state index in [1.54, 1.807) is 6.92 Å². The van der Waals surface area contributed by atoms with Gasteiger partial charge in [-0.1, -0.05) is 13.2 Å². The van der Waals surface area contributed by atoms with Gasteiger partial charge in [0, 0.05) is 6.42 Å². The predicted molar refractivity (Wildman–Crippen MR) is 48.4 cm³/mol. The van der Waals surface area contributed by atoms with Gasteiger partial charge in [-0.25, -0.2) is 4.39 Å². The Labute approximate surface area is 72.3 Å². The Balaban J connectivity index is 4.29. The van der Waals surface area contributed by atoms with E-state index in [0.29, 0.717) is 11.1 Å². The van der Waals surface area contributed by atoms with Crippen molar-refractivity contribution in [3.8, 4) is 0 Å². The van der Waals surface area contributed by atoms with E-state index in [9.17, 15) is 9.18 Å². The van der Waals surface area contributed by atoms with Gasteiger partial charge in [0.15, 0.2) is 0 Å². The van der Waals surface area contributed by atoms with E-state index >= 15 is 0 Å². The van der Waals surface area contributed by atoms with Crippen LogP contribution < -0.4 is 0 Å². The summed E-state index contributed by atoms with van der Waals surface area (Å²) in [6.45, 7) is 9.92. The summed E-state index contributed by atoms with van der Waals surface area (Å²) in [7, 11) is 0. The van der Waals surface area contributed by atoms with E-state index in [2.05, 4.69) is 13.2 Å². The first-order valence-electron chi connectivity index (χ1n) is 3.63. The minimum absolute atomic E-state index is 0.0252. The number of halogens is 1. The number of hydrogen-bond acceptors (Lipinski definition) is 1. The molecule has 1 nitrogen and oxygen atoms in total. The van der Waals surface area contributed by atoms with Gasteiger partial charge in [0.2, 0.25) is 0 Å². The summed E-state index contributed by atoms with van der Waals surface area (Å²) in [5.41, 5.74) is 1.30. The summed E-state index contributed by atoms with van der Waals surface area (Å²) < 4.78 is 12.3. The van der Waals surface area contributed by atoms with Gasteiger partial charge in [0.05, 0.1) is 0 Å². The molecule has 0 aliphatic carbocycles. The molecule has 0 fully saturated rings. The Kier molecular flexibility index (Phi) is 4.19. The SMILES string of the molecule is C=C(F)/C=C(\C)C(=C)CC(C)=O. The lowest BCUT2D eigenvalue weighted by Crippen LogP contribution is -1.93. The molecule has 0 saturated heterocycles. The average Bonchev–Trinajstić information content (AvgIpc) is 1.84. The van der Waals surface area contributed by atoms with Crippen molar-refractivity contribution in [2.45, 2.75) is 20.3 Å². The van der Waals surface area contributed by atoms with Gasteiger partial charge in [-0.3, -0.25) is 4.79 Å². The standard InChI is InChI=1S/C10H13FO/c1-7(5-9(3)11)8(2)6-10(4)12/h5H,2-3,6H2,1,4H3/b7-5+. The van der Waals surface area contributed by atoms with Crippen molar-refractivity contribution in [2.75, 3.05) is 0 Å². The third-order valence-electron chi connectivity index (χ3n) is 1.39. The van der Waals surface area contributed by atoms with Crippen LogP contribution in [-0.2, 0) is 4.79 Å². The highest BCUT2D eigenvalue weighted by Gasteiger charge is 2.00. The zero-order chi connectivity index (χ0) is 9.72. The number of rotatable bonds is 4. The lowest BCUT2D eigenvalue weighted by molar-refractivity contribution is -0.116. The fourth-order valence-electron chi connectivity index (χ4n) is 0.777. The molecule has 12 heavy (non-hydrogen) atoms. The number of Topliss-reactive ketones (excluding diaryl/α,β-unsaturated/α-hetero) is 1. The molecule has 0 amide bonds. The molecule has 0 spiro atoms. The minimum atomic E-state index is -0.516. The van der Waals surface area contributed by atoms with Crippen LogP contribution in [0.15, 0.2) is 36.2 Å². The van der Waals surface area contributed by atoms with Crippen molar-refractivity contribution < 1.29 is 9.18 Å². The number of ketones is 1. The molecule has 0 radical (unpaired) electrons. The van der Waals surface area contributed by atoms with Gasteiger partial charge in [0.25, 0.3) is 0 Å². The van der Waals surface area contributed by atoms with E-state index in [1.807, 2.05) is 0 Å². The van der Waals surface area contributed by atoms with Crippen molar-refractivity contribution >= 4 is 5.78 Å². The van der Waals surface area contributed by atoms with Gasteiger partial charge in [-0.05, 0) is 31.1 Å². The molecular weight excluding hydrogens is 155 g/mol. The molecule has 0 aromatic carbocycles. The van der Waals surface area contributed by atoms with Crippen molar-refractivity contribution in [1.82, 2.24) is 0 Å². The van der Waals surface area contributed by atoms with E-state index < -0.39 is 5.83 Å². The van der Waals surface area contributed by atoms with Crippen molar-refractivity contribution in [3.05, 3.63) is 36.2 Å².